The summed E-state index contributed by atoms with van der Waals surface area (Å²) >= 11 is 3.09. The fourth-order valence-electron chi connectivity index (χ4n) is 3.18. The van der Waals surface area contributed by atoms with Gasteiger partial charge in [0.2, 0.25) is 0 Å². The number of hydrogen-bond acceptors (Lipinski definition) is 6. The predicted molar refractivity (Wildman–Crippen MR) is 113 cm³/mol. The summed E-state index contributed by atoms with van der Waals surface area (Å²) < 4.78 is 10.00. The van der Waals surface area contributed by atoms with Crippen molar-refractivity contribution in [1.82, 2.24) is 0 Å². The molecule has 140 valence electrons. The van der Waals surface area contributed by atoms with Gasteiger partial charge in [0, 0.05) is 20.9 Å². The maximum Gasteiger partial charge on any atom is 0.338 e. The molecular formula is C22H16O4S2. The number of fused-ring (bicyclic) bond motifs is 1. The van der Waals surface area contributed by atoms with Crippen molar-refractivity contribution in [2.75, 3.05) is 14.2 Å². The fourth-order valence-corrected chi connectivity index (χ4v) is 4.69. The molecule has 2 aromatic carbocycles. The Morgan fingerprint density at radius 1 is 0.714 bits per heavy atom. The molecule has 0 unspecified atom stereocenters. The van der Waals surface area contributed by atoms with E-state index in [0.717, 1.165) is 31.7 Å². The smallest absolute Gasteiger partial charge is 0.338 e. The van der Waals surface area contributed by atoms with Crippen LogP contribution in [0.5, 0.6) is 0 Å². The molecule has 0 saturated carbocycles. The van der Waals surface area contributed by atoms with Crippen LogP contribution in [0.4, 0.5) is 0 Å². The van der Waals surface area contributed by atoms with E-state index in [1.165, 1.54) is 14.2 Å². The number of carbonyl (C=O) groups is 2. The molecule has 0 saturated heterocycles. The van der Waals surface area contributed by atoms with E-state index >= 15 is 0 Å². The van der Waals surface area contributed by atoms with Gasteiger partial charge < -0.3 is 9.47 Å². The second-order valence-electron chi connectivity index (χ2n) is 6.08. The Kier molecular flexibility index (Phi) is 4.98. The van der Waals surface area contributed by atoms with Gasteiger partial charge in [-0.05, 0) is 57.9 Å². The molecule has 0 amide bonds. The molecule has 0 aliphatic rings. The number of methoxy groups -OCH3 is 2. The van der Waals surface area contributed by atoms with Crippen LogP contribution >= 0.6 is 22.7 Å². The first kappa shape index (κ1) is 18.4. The molecule has 0 radical (unpaired) electrons. The molecule has 0 atom stereocenters. The van der Waals surface area contributed by atoms with E-state index in [1.807, 2.05) is 59.3 Å². The van der Waals surface area contributed by atoms with Crippen LogP contribution in [-0.4, -0.2) is 26.2 Å². The van der Waals surface area contributed by atoms with E-state index in [4.69, 9.17) is 9.47 Å². The predicted octanol–water partition coefficient (Wildman–Crippen LogP) is 5.87. The van der Waals surface area contributed by atoms with Gasteiger partial charge >= 0.3 is 11.9 Å². The molecule has 0 bridgehead atoms. The second kappa shape index (κ2) is 7.58. The summed E-state index contributed by atoms with van der Waals surface area (Å²) in [5.74, 6) is -0.778. The number of thiophene rings is 2. The molecule has 0 aliphatic heterocycles. The standard InChI is InChI=1S/C22H16O4S2/c1-25-21(23)17-11-13-10-16(20-6-4-8-28-20)18(22(24)26-2)12-14(13)9-15(17)19-5-3-7-27-19/h3-12H,1-2H3. The van der Waals surface area contributed by atoms with Crippen LogP contribution in [-0.2, 0) is 9.47 Å². The average molecular weight is 409 g/mol. The quantitative estimate of drug-likeness (QED) is 0.396. The third-order valence-corrected chi connectivity index (χ3v) is 6.30. The number of rotatable bonds is 4. The zero-order valence-electron chi connectivity index (χ0n) is 15.2. The van der Waals surface area contributed by atoms with Crippen LogP contribution in [0.1, 0.15) is 20.7 Å². The molecule has 0 aliphatic carbocycles. The number of benzene rings is 2. The molecule has 0 fully saturated rings. The molecule has 4 rings (SSSR count). The second-order valence-corrected chi connectivity index (χ2v) is 7.98. The van der Waals surface area contributed by atoms with Crippen molar-refractivity contribution >= 4 is 45.4 Å². The molecule has 2 heterocycles. The molecule has 28 heavy (non-hydrogen) atoms. The molecule has 0 N–H and O–H groups in total. The van der Waals surface area contributed by atoms with Crippen LogP contribution in [0.2, 0.25) is 0 Å². The third-order valence-electron chi connectivity index (χ3n) is 4.50. The topological polar surface area (TPSA) is 52.6 Å². The number of carbonyl (C=O) groups excluding carboxylic acids is 2. The van der Waals surface area contributed by atoms with Crippen LogP contribution in [0.25, 0.3) is 31.7 Å². The van der Waals surface area contributed by atoms with E-state index in [2.05, 4.69) is 0 Å². The highest BCUT2D eigenvalue weighted by atomic mass is 32.1. The monoisotopic (exact) mass is 408 g/mol. The summed E-state index contributed by atoms with van der Waals surface area (Å²) in [5, 5.41) is 5.63. The SMILES string of the molecule is COC(=O)c1cc2cc(-c3cccs3)c(C(=O)OC)cc2cc1-c1cccs1. The Hall–Kier alpha value is -2.96. The zero-order chi connectivity index (χ0) is 19.7. The number of esters is 2. The van der Waals surface area contributed by atoms with E-state index in [9.17, 15) is 9.59 Å². The maximum atomic E-state index is 12.4. The highest BCUT2D eigenvalue weighted by molar-refractivity contribution is 7.13. The van der Waals surface area contributed by atoms with Gasteiger partial charge in [0.15, 0.2) is 0 Å². The molecule has 2 aromatic heterocycles. The van der Waals surface area contributed by atoms with Crippen molar-refractivity contribution in [3.63, 3.8) is 0 Å². The van der Waals surface area contributed by atoms with Crippen molar-refractivity contribution in [3.05, 3.63) is 70.4 Å². The first-order valence-corrected chi connectivity index (χ1v) is 10.2. The van der Waals surface area contributed by atoms with Gasteiger partial charge in [0.25, 0.3) is 0 Å². The molecule has 0 spiro atoms. The normalized spacial score (nSPS) is 10.8. The van der Waals surface area contributed by atoms with Crippen molar-refractivity contribution in [1.29, 1.82) is 0 Å². The minimum Gasteiger partial charge on any atom is -0.465 e. The summed E-state index contributed by atoms with van der Waals surface area (Å²) in [6.45, 7) is 0. The van der Waals surface area contributed by atoms with Crippen LogP contribution in [0, 0.1) is 0 Å². The van der Waals surface area contributed by atoms with Gasteiger partial charge in [-0.3, -0.25) is 0 Å². The van der Waals surface area contributed by atoms with E-state index in [-0.39, 0.29) is 11.9 Å². The highest BCUT2D eigenvalue weighted by Crippen LogP contribution is 2.37. The lowest BCUT2D eigenvalue weighted by Crippen LogP contribution is -2.05. The van der Waals surface area contributed by atoms with Crippen molar-refractivity contribution in [2.45, 2.75) is 0 Å². The zero-order valence-corrected chi connectivity index (χ0v) is 16.9. The van der Waals surface area contributed by atoms with Crippen LogP contribution < -0.4 is 0 Å². The number of ether oxygens (including phenoxy) is 2. The van der Waals surface area contributed by atoms with Gasteiger partial charge in [-0.25, -0.2) is 9.59 Å². The first-order valence-electron chi connectivity index (χ1n) is 8.48. The van der Waals surface area contributed by atoms with Gasteiger partial charge in [0.05, 0.1) is 25.3 Å². The van der Waals surface area contributed by atoms with E-state index in [0.29, 0.717) is 11.1 Å². The van der Waals surface area contributed by atoms with Crippen molar-refractivity contribution < 1.29 is 19.1 Å². The summed E-state index contributed by atoms with van der Waals surface area (Å²) in [7, 11) is 2.75. The van der Waals surface area contributed by atoms with Gasteiger partial charge in [0.1, 0.15) is 0 Å². The van der Waals surface area contributed by atoms with Crippen LogP contribution in [0.15, 0.2) is 59.3 Å². The summed E-state index contributed by atoms with van der Waals surface area (Å²) in [6, 6.07) is 15.3. The lowest BCUT2D eigenvalue weighted by molar-refractivity contribution is 0.0592. The van der Waals surface area contributed by atoms with Crippen molar-refractivity contribution in [2.24, 2.45) is 0 Å². The Bertz CT molecular complexity index is 1070. The Morgan fingerprint density at radius 3 is 1.46 bits per heavy atom. The van der Waals surface area contributed by atoms with Gasteiger partial charge in [-0.15, -0.1) is 22.7 Å². The Labute approximate surface area is 170 Å². The van der Waals surface area contributed by atoms with E-state index in [1.54, 1.807) is 22.7 Å². The minimum absolute atomic E-state index is 0.389. The molecular weight excluding hydrogens is 392 g/mol. The number of hydrogen-bond donors (Lipinski definition) is 0. The van der Waals surface area contributed by atoms with Crippen molar-refractivity contribution in [3.8, 4) is 20.9 Å². The summed E-state index contributed by atoms with van der Waals surface area (Å²) in [6.07, 6.45) is 0. The molecule has 6 heteroatoms. The van der Waals surface area contributed by atoms with E-state index < -0.39 is 0 Å². The third kappa shape index (κ3) is 3.21. The fraction of sp³-hybridized carbons (Fsp3) is 0.0909. The van der Waals surface area contributed by atoms with Crippen LogP contribution in [0.3, 0.4) is 0 Å². The van der Waals surface area contributed by atoms with Gasteiger partial charge in [-0.2, -0.15) is 0 Å². The molecule has 4 nitrogen and oxygen atoms in total. The minimum atomic E-state index is -0.389. The average Bonchev–Trinajstić information content (AvgIpc) is 3.44. The largest absolute Gasteiger partial charge is 0.465 e. The lowest BCUT2D eigenvalue weighted by Gasteiger charge is -2.13. The highest BCUT2D eigenvalue weighted by Gasteiger charge is 2.20. The maximum absolute atomic E-state index is 12.4. The Morgan fingerprint density at radius 2 is 1.14 bits per heavy atom. The first-order chi connectivity index (χ1) is 13.6. The van der Waals surface area contributed by atoms with Gasteiger partial charge in [-0.1, -0.05) is 12.1 Å². The summed E-state index contributed by atoms with van der Waals surface area (Å²) in [4.78, 5) is 26.8. The lowest BCUT2D eigenvalue weighted by atomic mass is 9.95. The molecule has 4 aromatic rings. The Balaban J connectivity index is 2.02. The summed E-state index contributed by atoms with van der Waals surface area (Å²) in [5.41, 5.74) is 2.57.